The highest BCUT2D eigenvalue weighted by molar-refractivity contribution is 7.19. The Balaban J connectivity index is 1.92. The second kappa shape index (κ2) is 5.73. The summed E-state index contributed by atoms with van der Waals surface area (Å²) < 4.78 is 1.25. The van der Waals surface area contributed by atoms with Crippen LogP contribution >= 0.6 is 22.7 Å². The van der Waals surface area contributed by atoms with Gasteiger partial charge in [-0.05, 0) is 12.5 Å². The minimum Gasteiger partial charge on any atom is -0.351 e. The standard InChI is InChI=1S/C15H14N2OS2/c1-2-7-16-14(18)12-9-20-15(17-12)11-8-19-13-6-4-3-5-10(11)13/h3-6,8-9H,2,7H2,1H3,(H,16,18). The third kappa shape index (κ3) is 2.46. The molecule has 102 valence electrons. The molecular weight excluding hydrogens is 288 g/mol. The number of fused-ring (bicyclic) bond motifs is 1. The topological polar surface area (TPSA) is 42.0 Å². The third-order valence-corrected chi connectivity index (χ3v) is 4.82. The first-order valence-corrected chi connectivity index (χ1v) is 8.26. The number of hydrogen-bond donors (Lipinski definition) is 1. The first kappa shape index (κ1) is 13.3. The lowest BCUT2D eigenvalue weighted by molar-refractivity contribution is 0.0949. The van der Waals surface area contributed by atoms with Crippen molar-refractivity contribution in [2.24, 2.45) is 0 Å². The van der Waals surface area contributed by atoms with E-state index in [-0.39, 0.29) is 5.91 Å². The van der Waals surface area contributed by atoms with Gasteiger partial charge in [0.2, 0.25) is 0 Å². The molecule has 1 aromatic carbocycles. The van der Waals surface area contributed by atoms with Crippen LogP contribution in [0, 0.1) is 0 Å². The number of nitrogens with one attached hydrogen (secondary N) is 1. The molecule has 2 heterocycles. The first-order chi connectivity index (χ1) is 9.79. The summed E-state index contributed by atoms with van der Waals surface area (Å²) in [6.45, 7) is 2.72. The summed E-state index contributed by atoms with van der Waals surface area (Å²) in [4.78, 5) is 16.4. The molecule has 0 bridgehead atoms. The van der Waals surface area contributed by atoms with Crippen molar-refractivity contribution in [1.82, 2.24) is 10.3 Å². The second-order valence-corrected chi connectivity index (χ2v) is 6.21. The average molecular weight is 302 g/mol. The highest BCUT2D eigenvalue weighted by atomic mass is 32.1. The fourth-order valence-corrected chi connectivity index (χ4v) is 3.82. The summed E-state index contributed by atoms with van der Waals surface area (Å²) in [6, 6.07) is 8.26. The highest BCUT2D eigenvalue weighted by Gasteiger charge is 2.13. The molecule has 20 heavy (non-hydrogen) atoms. The van der Waals surface area contributed by atoms with Crippen molar-refractivity contribution >= 4 is 38.7 Å². The average Bonchev–Trinajstić information content (AvgIpc) is 3.10. The van der Waals surface area contributed by atoms with E-state index in [2.05, 4.69) is 27.8 Å². The van der Waals surface area contributed by atoms with Crippen molar-refractivity contribution in [3.05, 3.63) is 40.7 Å². The van der Waals surface area contributed by atoms with Crippen molar-refractivity contribution in [3.63, 3.8) is 0 Å². The summed E-state index contributed by atoms with van der Waals surface area (Å²) in [5.41, 5.74) is 1.62. The number of carbonyl (C=O) groups excluding carboxylic acids is 1. The van der Waals surface area contributed by atoms with Crippen LogP contribution < -0.4 is 5.32 Å². The number of thiophene rings is 1. The molecule has 5 heteroatoms. The normalized spacial score (nSPS) is 10.8. The van der Waals surface area contributed by atoms with Gasteiger partial charge in [-0.1, -0.05) is 25.1 Å². The number of thiazole rings is 1. The van der Waals surface area contributed by atoms with Crippen molar-refractivity contribution in [2.75, 3.05) is 6.54 Å². The van der Waals surface area contributed by atoms with Crippen LogP contribution in [0.2, 0.25) is 0 Å². The number of benzene rings is 1. The van der Waals surface area contributed by atoms with E-state index in [1.807, 2.05) is 24.4 Å². The van der Waals surface area contributed by atoms with E-state index >= 15 is 0 Å². The zero-order chi connectivity index (χ0) is 13.9. The van der Waals surface area contributed by atoms with E-state index in [1.165, 1.54) is 21.4 Å². The van der Waals surface area contributed by atoms with E-state index in [0.717, 1.165) is 17.0 Å². The van der Waals surface area contributed by atoms with E-state index in [4.69, 9.17) is 0 Å². The van der Waals surface area contributed by atoms with E-state index in [0.29, 0.717) is 12.2 Å². The zero-order valence-electron chi connectivity index (χ0n) is 11.1. The molecule has 3 rings (SSSR count). The SMILES string of the molecule is CCCNC(=O)c1csc(-c2csc3ccccc23)n1. The Labute approximate surface area is 125 Å². The minimum absolute atomic E-state index is 0.0890. The summed E-state index contributed by atoms with van der Waals surface area (Å²) in [6.07, 6.45) is 0.928. The molecule has 0 radical (unpaired) electrons. The molecule has 0 saturated carbocycles. The fraction of sp³-hybridized carbons (Fsp3) is 0.200. The van der Waals surface area contributed by atoms with Crippen LogP contribution in [0.4, 0.5) is 0 Å². The minimum atomic E-state index is -0.0890. The second-order valence-electron chi connectivity index (χ2n) is 4.44. The van der Waals surface area contributed by atoms with Gasteiger partial charge in [-0.15, -0.1) is 22.7 Å². The highest BCUT2D eigenvalue weighted by Crippen LogP contribution is 2.35. The molecule has 3 aromatic rings. The molecule has 1 N–H and O–H groups in total. The smallest absolute Gasteiger partial charge is 0.270 e. The molecular formula is C15H14N2OS2. The maximum Gasteiger partial charge on any atom is 0.270 e. The molecule has 0 saturated heterocycles. The molecule has 3 nitrogen and oxygen atoms in total. The molecule has 1 amide bonds. The summed E-state index contributed by atoms with van der Waals surface area (Å²) in [7, 11) is 0. The van der Waals surface area contributed by atoms with Crippen LogP contribution in [0.3, 0.4) is 0 Å². The molecule has 0 aliphatic carbocycles. The van der Waals surface area contributed by atoms with Crippen molar-refractivity contribution in [1.29, 1.82) is 0 Å². The Morgan fingerprint density at radius 3 is 2.95 bits per heavy atom. The van der Waals surface area contributed by atoms with Gasteiger partial charge in [-0.25, -0.2) is 4.98 Å². The largest absolute Gasteiger partial charge is 0.351 e. The van der Waals surface area contributed by atoms with E-state index in [9.17, 15) is 4.79 Å². The molecule has 0 aliphatic rings. The molecule has 0 spiro atoms. The predicted octanol–water partition coefficient (Wildman–Crippen LogP) is 4.16. The number of aromatic nitrogens is 1. The Morgan fingerprint density at radius 1 is 1.25 bits per heavy atom. The summed E-state index contributed by atoms with van der Waals surface area (Å²) in [5.74, 6) is -0.0890. The molecule has 0 aliphatic heterocycles. The lowest BCUT2D eigenvalue weighted by Gasteiger charge is -1.99. The van der Waals surface area contributed by atoms with Gasteiger partial charge in [-0.3, -0.25) is 4.79 Å². The number of hydrogen-bond acceptors (Lipinski definition) is 4. The molecule has 2 aromatic heterocycles. The Hall–Kier alpha value is -1.72. The predicted molar refractivity (Wildman–Crippen MR) is 85.6 cm³/mol. The number of rotatable bonds is 4. The fourth-order valence-electron chi connectivity index (χ4n) is 1.97. The number of nitrogens with zero attached hydrogens (tertiary/aromatic N) is 1. The third-order valence-electron chi connectivity index (χ3n) is 2.98. The van der Waals surface area contributed by atoms with Crippen LogP contribution in [0.5, 0.6) is 0 Å². The van der Waals surface area contributed by atoms with Crippen LogP contribution in [0.15, 0.2) is 35.0 Å². The van der Waals surface area contributed by atoms with Gasteiger partial charge in [0.15, 0.2) is 0 Å². The van der Waals surface area contributed by atoms with Gasteiger partial charge in [-0.2, -0.15) is 0 Å². The van der Waals surface area contributed by atoms with Crippen LogP contribution in [-0.4, -0.2) is 17.4 Å². The lowest BCUT2D eigenvalue weighted by atomic mass is 10.2. The van der Waals surface area contributed by atoms with Crippen LogP contribution in [0.25, 0.3) is 20.7 Å². The Morgan fingerprint density at radius 2 is 2.10 bits per heavy atom. The van der Waals surface area contributed by atoms with Gasteiger partial charge in [0.1, 0.15) is 10.7 Å². The Kier molecular flexibility index (Phi) is 3.80. The van der Waals surface area contributed by atoms with Gasteiger partial charge in [0.05, 0.1) is 0 Å². The van der Waals surface area contributed by atoms with Gasteiger partial charge >= 0.3 is 0 Å². The maximum atomic E-state index is 11.9. The van der Waals surface area contributed by atoms with Crippen LogP contribution in [0.1, 0.15) is 23.8 Å². The Bertz CT molecular complexity index is 745. The lowest BCUT2D eigenvalue weighted by Crippen LogP contribution is -2.24. The quantitative estimate of drug-likeness (QED) is 0.786. The zero-order valence-corrected chi connectivity index (χ0v) is 12.7. The van der Waals surface area contributed by atoms with E-state index < -0.39 is 0 Å². The molecule has 0 atom stereocenters. The summed E-state index contributed by atoms with van der Waals surface area (Å²) in [5, 5.41) is 8.89. The number of carbonyl (C=O) groups is 1. The van der Waals surface area contributed by atoms with Crippen molar-refractivity contribution in [2.45, 2.75) is 13.3 Å². The first-order valence-electron chi connectivity index (χ1n) is 6.50. The van der Waals surface area contributed by atoms with Crippen molar-refractivity contribution in [3.8, 4) is 10.6 Å². The van der Waals surface area contributed by atoms with Gasteiger partial charge in [0, 0.05) is 33.0 Å². The van der Waals surface area contributed by atoms with Gasteiger partial charge < -0.3 is 5.32 Å². The molecule has 0 fully saturated rings. The summed E-state index contributed by atoms with van der Waals surface area (Å²) >= 11 is 3.23. The van der Waals surface area contributed by atoms with Crippen LogP contribution in [-0.2, 0) is 0 Å². The maximum absolute atomic E-state index is 11.9. The molecule has 0 unspecified atom stereocenters. The van der Waals surface area contributed by atoms with Gasteiger partial charge in [0.25, 0.3) is 5.91 Å². The number of amides is 1. The monoisotopic (exact) mass is 302 g/mol. The van der Waals surface area contributed by atoms with E-state index in [1.54, 1.807) is 11.3 Å². The van der Waals surface area contributed by atoms with Crippen molar-refractivity contribution < 1.29 is 4.79 Å².